The number of nitrogens with zero attached hydrogens (tertiary/aromatic N) is 1. The number of carbonyl (C=O) groups is 1. The fraction of sp³-hybridized carbons (Fsp3) is 0.133. The van der Waals surface area contributed by atoms with Gasteiger partial charge in [0, 0.05) is 12.1 Å². The van der Waals surface area contributed by atoms with E-state index in [2.05, 4.69) is 15.9 Å². The lowest BCUT2D eigenvalue weighted by molar-refractivity contribution is 0.0987. The molecule has 5 heteroatoms. The number of hydrogen-bond donors (Lipinski definition) is 1. The van der Waals surface area contributed by atoms with Crippen molar-refractivity contribution in [3.05, 3.63) is 58.3 Å². The fourth-order valence-electron chi connectivity index (χ4n) is 1.90. The highest BCUT2D eigenvalue weighted by Gasteiger charge is 2.19. The number of phenols is 1. The monoisotopic (exact) mass is 337 g/mol. The van der Waals surface area contributed by atoms with Crippen molar-refractivity contribution in [2.75, 3.05) is 11.4 Å². The molecule has 0 fully saturated rings. The zero-order valence-electron chi connectivity index (χ0n) is 10.8. The second kappa shape index (κ2) is 6.05. The molecule has 0 radical (unpaired) electrons. The molecule has 1 amide bonds. The minimum Gasteiger partial charge on any atom is -0.507 e. The predicted octanol–water partition coefficient (Wildman–Crippen LogP) is 3.96. The molecule has 0 heterocycles. The fourth-order valence-corrected chi connectivity index (χ4v) is 2.14. The zero-order chi connectivity index (χ0) is 14.7. The third-order valence-corrected chi connectivity index (χ3v) is 3.57. The van der Waals surface area contributed by atoms with Crippen molar-refractivity contribution < 1.29 is 14.3 Å². The van der Waals surface area contributed by atoms with Crippen LogP contribution in [0.5, 0.6) is 5.75 Å². The van der Waals surface area contributed by atoms with Crippen molar-refractivity contribution in [2.24, 2.45) is 0 Å². The number of aromatic hydroxyl groups is 1. The minimum absolute atomic E-state index is 0.0274. The van der Waals surface area contributed by atoms with Crippen LogP contribution in [0.1, 0.15) is 17.3 Å². The number of hydrogen-bond acceptors (Lipinski definition) is 2. The SMILES string of the molecule is CCN(C(=O)c1ccc(Br)c(O)c1)c1ccccc1F. The van der Waals surface area contributed by atoms with Gasteiger partial charge in [-0.15, -0.1) is 0 Å². The van der Waals surface area contributed by atoms with Gasteiger partial charge in [0.05, 0.1) is 10.2 Å². The normalized spacial score (nSPS) is 10.3. The van der Waals surface area contributed by atoms with E-state index < -0.39 is 5.82 Å². The van der Waals surface area contributed by atoms with Gasteiger partial charge in [-0.2, -0.15) is 0 Å². The molecule has 0 aromatic heterocycles. The van der Waals surface area contributed by atoms with Crippen molar-refractivity contribution in [2.45, 2.75) is 6.92 Å². The van der Waals surface area contributed by atoms with Gasteiger partial charge in [0.1, 0.15) is 11.6 Å². The summed E-state index contributed by atoms with van der Waals surface area (Å²) < 4.78 is 14.3. The smallest absolute Gasteiger partial charge is 0.258 e. The van der Waals surface area contributed by atoms with E-state index in [1.165, 1.54) is 17.0 Å². The number of amides is 1. The molecule has 0 bridgehead atoms. The Kier molecular flexibility index (Phi) is 4.39. The summed E-state index contributed by atoms with van der Waals surface area (Å²) in [7, 11) is 0. The number of rotatable bonds is 3. The van der Waals surface area contributed by atoms with Gasteiger partial charge in [-0.1, -0.05) is 12.1 Å². The van der Waals surface area contributed by atoms with Gasteiger partial charge in [-0.3, -0.25) is 4.79 Å². The Bertz CT molecular complexity index is 646. The second-order valence-electron chi connectivity index (χ2n) is 4.17. The summed E-state index contributed by atoms with van der Waals surface area (Å²) >= 11 is 3.15. The minimum atomic E-state index is -0.455. The van der Waals surface area contributed by atoms with E-state index in [1.54, 1.807) is 37.3 Å². The van der Waals surface area contributed by atoms with Gasteiger partial charge in [0.2, 0.25) is 0 Å². The molecule has 0 saturated heterocycles. The molecule has 0 atom stereocenters. The first kappa shape index (κ1) is 14.5. The van der Waals surface area contributed by atoms with E-state index in [0.29, 0.717) is 16.6 Å². The maximum Gasteiger partial charge on any atom is 0.258 e. The number of benzene rings is 2. The van der Waals surface area contributed by atoms with E-state index in [1.807, 2.05) is 0 Å². The largest absolute Gasteiger partial charge is 0.507 e. The van der Waals surface area contributed by atoms with Gasteiger partial charge in [-0.05, 0) is 53.2 Å². The molecule has 0 aliphatic carbocycles. The predicted molar refractivity (Wildman–Crippen MR) is 79.6 cm³/mol. The summed E-state index contributed by atoms with van der Waals surface area (Å²) in [5, 5.41) is 9.64. The summed E-state index contributed by atoms with van der Waals surface area (Å²) in [4.78, 5) is 13.8. The second-order valence-corrected chi connectivity index (χ2v) is 5.02. The Morgan fingerprint density at radius 2 is 2.00 bits per heavy atom. The summed E-state index contributed by atoms with van der Waals surface area (Å²) in [6, 6.07) is 10.6. The molecular weight excluding hydrogens is 325 g/mol. The number of phenolic OH excluding ortho intramolecular Hbond substituents is 1. The summed E-state index contributed by atoms with van der Waals surface area (Å²) in [5.74, 6) is -0.843. The van der Waals surface area contributed by atoms with Gasteiger partial charge in [-0.25, -0.2) is 4.39 Å². The molecule has 2 rings (SSSR count). The lowest BCUT2D eigenvalue weighted by Crippen LogP contribution is -2.31. The summed E-state index contributed by atoms with van der Waals surface area (Å²) in [6.45, 7) is 2.10. The first-order valence-electron chi connectivity index (χ1n) is 6.09. The van der Waals surface area contributed by atoms with Gasteiger partial charge in [0.15, 0.2) is 0 Å². The van der Waals surface area contributed by atoms with Crippen LogP contribution in [0.3, 0.4) is 0 Å². The quantitative estimate of drug-likeness (QED) is 0.920. The highest BCUT2D eigenvalue weighted by atomic mass is 79.9. The molecule has 2 aromatic rings. The number of anilines is 1. The maximum absolute atomic E-state index is 13.8. The van der Waals surface area contributed by atoms with Crippen LogP contribution in [-0.4, -0.2) is 17.6 Å². The Morgan fingerprint density at radius 3 is 2.60 bits per heavy atom. The van der Waals surface area contributed by atoms with Crippen LogP contribution in [0.2, 0.25) is 0 Å². The Morgan fingerprint density at radius 1 is 1.30 bits per heavy atom. The van der Waals surface area contributed by atoms with Crippen LogP contribution in [0.4, 0.5) is 10.1 Å². The van der Waals surface area contributed by atoms with Crippen molar-refractivity contribution in [1.29, 1.82) is 0 Å². The van der Waals surface area contributed by atoms with Crippen LogP contribution in [0.15, 0.2) is 46.9 Å². The number of para-hydroxylation sites is 1. The molecule has 0 aliphatic rings. The van der Waals surface area contributed by atoms with E-state index in [9.17, 15) is 14.3 Å². The van der Waals surface area contributed by atoms with E-state index in [-0.39, 0.29) is 17.3 Å². The molecule has 2 aromatic carbocycles. The van der Waals surface area contributed by atoms with Crippen LogP contribution in [0.25, 0.3) is 0 Å². The molecule has 0 spiro atoms. The molecule has 104 valence electrons. The van der Waals surface area contributed by atoms with Crippen molar-refractivity contribution in [3.63, 3.8) is 0 Å². The van der Waals surface area contributed by atoms with Crippen molar-refractivity contribution in [3.8, 4) is 5.75 Å². The molecule has 3 nitrogen and oxygen atoms in total. The van der Waals surface area contributed by atoms with Crippen LogP contribution >= 0.6 is 15.9 Å². The average Bonchev–Trinajstić information content (AvgIpc) is 2.44. The summed E-state index contributed by atoms with van der Waals surface area (Å²) in [6.07, 6.45) is 0. The molecule has 20 heavy (non-hydrogen) atoms. The third kappa shape index (κ3) is 2.82. The lowest BCUT2D eigenvalue weighted by Gasteiger charge is -2.21. The molecule has 0 aliphatic heterocycles. The van der Waals surface area contributed by atoms with E-state index in [0.717, 1.165) is 0 Å². The van der Waals surface area contributed by atoms with E-state index in [4.69, 9.17) is 0 Å². The topological polar surface area (TPSA) is 40.5 Å². The van der Waals surface area contributed by atoms with Crippen LogP contribution < -0.4 is 4.90 Å². The van der Waals surface area contributed by atoms with Gasteiger partial charge < -0.3 is 10.0 Å². The standard InChI is InChI=1S/C15H13BrFNO2/c1-2-18(13-6-4-3-5-12(13)17)15(20)10-7-8-11(16)14(19)9-10/h3-9,19H,2H2,1H3. The highest BCUT2D eigenvalue weighted by Crippen LogP contribution is 2.26. The third-order valence-electron chi connectivity index (χ3n) is 2.90. The van der Waals surface area contributed by atoms with Crippen LogP contribution in [-0.2, 0) is 0 Å². The maximum atomic E-state index is 13.8. The Balaban J connectivity index is 2.39. The van der Waals surface area contributed by atoms with Crippen molar-refractivity contribution in [1.82, 2.24) is 0 Å². The average molecular weight is 338 g/mol. The first-order valence-corrected chi connectivity index (χ1v) is 6.88. The number of halogens is 2. The molecular formula is C15H13BrFNO2. The number of carbonyl (C=O) groups excluding carboxylic acids is 1. The zero-order valence-corrected chi connectivity index (χ0v) is 12.4. The first-order chi connectivity index (χ1) is 9.54. The van der Waals surface area contributed by atoms with E-state index >= 15 is 0 Å². The summed E-state index contributed by atoms with van der Waals surface area (Å²) in [5.41, 5.74) is 0.526. The van der Waals surface area contributed by atoms with Gasteiger partial charge >= 0.3 is 0 Å². The van der Waals surface area contributed by atoms with Gasteiger partial charge in [0.25, 0.3) is 5.91 Å². The van der Waals surface area contributed by atoms with Crippen LogP contribution in [0, 0.1) is 5.82 Å². The highest BCUT2D eigenvalue weighted by molar-refractivity contribution is 9.10. The Labute approximate surface area is 124 Å². The molecule has 0 unspecified atom stereocenters. The molecule has 1 N–H and O–H groups in total. The lowest BCUT2D eigenvalue weighted by atomic mass is 10.1. The van der Waals surface area contributed by atoms with Crippen molar-refractivity contribution >= 4 is 27.5 Å². The Hall–Kier alpha value is -1.88. The molecule has 0 saturated carbocycles.